The number of aliphatic hydroxyl groups is 2. The number of rotatable bonds is 15. The number of carbonyl (C=O) groups excluding carboxylic acids is 1. The summed E-state index contributed by atoms with van der Waals surface area (Å²) in [5, 5.41) is 19.7. The van der Waals surface area contributed by atoms with Crippen molar-refractivity contribution >= 4 is 28.3 Å². The first-order chi connectivity index (χ1) is 22.7. The number of aliphatic hydroxyl groups excluding tert-OH is 2. The minimum Gasteiger partial charge on any atom is -0.489 e. The second-order valence-corrected chi connectivity index (χ2v) is 11.5. The summed E-state index contributed by atoms with van der Waals surface area (Å²) in [6.45, 7) is 9.92. The van der Waals surface area contributed by atoms with E-state index in [-0.39, 0.29) is 24.1 Å². The van der Waals surface area contributed by atoms with Gasteiger partial charge in [-0.05, 0) is 75.6 Å². The van der Waals surface area contributed by atoms with Crippen LogP contribution in [0.2, 0.25) is 0 Å². The lowest BCUT2D eigenvalue weighted by atomic mass is 10.1. The van der Waals surface area contributed by atoms with Crippen LogP contribution in [0.1, 0.15) is 89.3 Å². The highest BCUT2D eigenvalue weighted by Crippen LogP contribution is 2.26. The van der Waals surface area contributed by atoms with Crippen LogP contribution in [0.4, 0.5) is 0 Å². The van der Waals surface area contributed by atoms with Crippen molar-refractivity contribution in [2.75, 3.05) is 19.6 Å². The normalized spacial score (nSPS) is 11.3. The first-order valence-corrected chi connectivity index (χ1v) is 17.1. The lowest BCUT2D eigenvalue weighted by molar-refractivity contribution is -0.121. The Bertz CT molecular complexity index is 1570. The summed E-state index contributed by atoms with van der Waals surface area (Å²) in [4.78, 5) is 29.7. The lowest BCUT2D eigenvalue weighted by Crippen LogP contribution is -2.25. The molecule has 9 heteroatoms. The molecule has 1 aromatic heterocycles. The molecular formula is C38H51ClN2O6. The molecule has 0 fully saturated rings. The molecule has 4 aromatic rings. The number of carbonyl (C=O) groups is 1. The highest BCUT2D eigenvalue weighted by Gasteiger charge is 2.18. The van der Waals surface area contributed by atoms with Gasteiger partial charge >= 0.3 is 0 Å². The van der Waals surface area contributed by atoms with Crippen molar-refractivity contribution in [3.8, 4) is 17.2 Å². The van der Waals surface area contributed by atoms with Crippen molar-refractivity contribution in [1.29, 1.82) is 0 Å². The molecule has 47 heavy (non-hydrogen) atoms. The molecule has 0 aliphatic rings. The molecule has 3 aromatic carbocycles. The van der Waals surface area contributed by atoms with Gasteiger partial charge < -0.3 is 19.7 Å². The Morgan fingerprint density at radius 1 is 0.957 bits per heavy atom. The second-order valence-electron chi connectivity index (χ2n) is 11.5. The Morgan fingerprint density at radius 3 is 2.28 bits per heavy atom. The fraction of sp³-hybridized carbons (Fsp3) is 0.447. The summed E-state index contributed by atoms with van der Waals surface area (Å²) in [6, 6.07) is 20.3. The number of hydrogen-bond donors (Lipinski definition) is 2. The second kappa shape index (κ2) is 21.2. The maximum atomic E-state index is 13.6. The molecule has 256 valence electrons. The lowest BCUT2D eigenvalue weighted by Gasteiger charge is -2.19. The monoisotopic (exact) mass is 666 g/mol. The zero-order chi connectivity index (χ0) is 34.8. The number of ether oxygens (including phenoxy) is 2. The molecular weight excluding hydrogens is 616 g/mol. The van der Waals surface area contributed by atoms with E-state index in [1.165, 1.54) is 11.9 Å². The number of unbranched alkanes of at least 4 members (excludes halogenated alkanes) is 3. The number of benzene rings is 3. The maximum Gasteiger partial charge on any atom is 0.266 e. The summed E-state index contributed by atoms with van der Waals surface area (Å²) in [6.07, 6.45) is 6.77. The molecule has 0 radical (unpaired) electrons. The van der Waals surface area contributed by atoms with Gasteiger partial charge in [0.2, 0.25) is 0 Å². The van der Waals surface area contributed by atoms with Crippen LogP contribution in [-0.2, 0) is 11.2 Å². The van der Waals surface area contributed by atoms with E-state index < -0.39 is 12.7 Å². The van der Waals surface area contributed by atoms with Crippen LogP contribution in [-0.4, -0.2) is 51.2 Å². The van der Waals surface area contributed by atoms with Gasteiger partial charge in [0.25, 0.3) is 5.56 Å². The predicted octanol–water partition coefficient (Wildman–Crippen LogP) is 7.92. The molecule has 1 unspecified atom stereocenters. The van der Waals surface area contributed by atoms with E-state index in [1.807, 2.05) is 69.3 Å². The van der Waals surface area contributed by atoms with E-state index in [9.17, 15) is 19.8 Å². The number of halogens is 1. The average Bonchev–Trinajstić information content (AvgIpc) is 3.08. The molecule has 0 spiro atoms. The third-order valence-corrected chi connectivity index (χ3v) is 7.22. The molecule has 4 rings (SSSR count). The molecule has 0 amide bonds. The SMILES string of the molecule is CCCCC(=O)COc1ccc(C)cc1.CCCCCc1nc2ccc(C(O)CO)cc2c(=O)n1-c1ccccc1OC(C)C.CCl. The maximum absolute atomic E-state index is 13.6. The largest absolute Gasteiger partial charge is 0.489 e. The minimum absolute atomic E-state index is 0.0369. The fourth-order valence-corrected chi connectivity index (χ4v) is 4.75. The number of hydrogen-bond acceptors (Lipinski definition) is 7. The number of aromatic nitrogens is 2. The van der Waals surface area contributed by atoms with Gasteiger partial charge in [-0.3, -0.25) is 14.2 Å². The van der Waals surface area contributed by atoms with Gasteiger partial charge in [-0.1, -0.05) is 69.0 Å². The van der Waals surface area contributed by atoms with Crippen molar-refractivity contribution in [1.82, 2.24) is 9.55 Å². The van der Waals surface area contributed by atoms with Crippen LogP contribution in [0.5, 0.6) is 11.5 Å². The van der Waals surface area contributed by atoms with Gasteiger partial charge in [-0.25, -0.2) is 4.98 Å². The highest BCUT2D eigenvalue weighted by atomic mass is 35.5. The van der Waals surface area contributed by atoms with E-state index >= 15 is 0 Å². The molecule has 1 atom stereocenters. The molecule has 0 aliphatic carbocycles. The van der Waals surface area contributed by atoms with E-state index in [4.69, 9.17) is 14.5 Å². The van der Waals surface area contributed by atoms with Crippen LogP contribution in [0.25, 0.3) is 16.6 Å². The first-order valence-electron chi connectivity index (χ1n) is 16.4. The number of aryl methyl sites for hydroxylation is 2. The van der Waals surface area contributed by atoms with Gasteiger partial charge in [0, 0.05) is 19.2 Å². The van der Waals surface area contributed by atoms with Crippen LogP contribution < -0.4 is 15.0 Å². The minimum atomic E-state index is -1.04. The summed E-state index contributed by atoms with van der Waals surface area (Å²) < 4.78 is 13.0. The Kier molecular flexibility index (Phi) is 17.8. The molecule has 1 heterocycles. The van der Waals surface area contributed by atoms with Crippen molar-refractivity contribution in [3.05, 3.63) is 94.0 Å². The average molecular weight is 667 g/mol. The highest BCUT2D eigenvalue weighted by molar-refractivity contribution is 6.15. The van der Waals surface area contributed by atoms with Gasteiger partial charge in [-0.15, -0.1) is 11.6 Å². The van der Waals surface area contributed by atoms with Crippen molar-refractivity contribution in [2.45, 2.75) is 91.8 Å². The topological polar surface area (TPSA) is 111 Å². The van der Waals surface area contributed by atoms with Gasteiger partial charge in [0.05, 0.1) is 29.3 Å². The summed E-state index contributed by atoms with van der Waals surface area (Å²) in [5.74, 6) is 2.26. The molecule has 0 saturated heterocycles. The Balaban J connectivity index is 0.000000380. The molecule has 0 saturated carbocycles. The Labute approximate surface area is 284 Å². The summed E-state index contributed by atoms with van der Waals surface area (Å²) in [7, 11) is 0. The number of nitrogens with zero attached hydrogens (tertiary/aromatic N) is 2. The first kappa shape index (κ1) is 39.5. The fourth-order valence-electron chi connectivity index (χ4n) is 4.75. The number of ketones is 1. The van der Waals surface area contributed by atoms with Gasteiger partial charge in [0.15, 0.2) is 5.78 Å². The number of para-hydroxylation sites is 2. The standard InChI is InChI=1S/C24H30N2O4.C13H18O2.CH3Cl/c1-4-5-6-11-23-25-19-13-12-17(21(28)15-27)14-18(19)24(29)26(23)20-9-7-8-10-22(20)30-16(2)3;1-3-4-5-12(14)10-15-13-8-6-11(2)7-9-13;1-2/h7-10,12-14,16,21,27-28H,4-6,11,15H2,1-3H3;6-9H,3-5,10H2,1-2H3;1H3. The molecule has 8 nitrogen and oxygen atoms in total. The summed E-state index contributed by atoms with van der Waals surface area (Å²) in [5.41, 5.74) is 2.71. The smallest absolute Gasteiger partial charge is 0.266 e. The van der Waals surface area contributed by atoms with E-state index in [1.54, 1.807) is 22.8 Å². The van der Waals surface area contributed by atoms with Crippen LogP contribution in [0.15, 0.2) is 71.5 Å². The number of alkyl halides is 1. The molecule has 0 aliphatic heterocycles. The van der Waals surface area contributed by atoms with Crippen LogP contribution in [0, 0.1) is 6.92 Å². The van der Waals surface area contributed by atoms with Gasteiger partial charge in [0.1, 0.15) is 30.0 Å². The molecule has 0 bridgehead atoms. The Morgan fingerprint density at radius 2 is 1.64 bits per heavy atom. The number of fused-ring (bicyclic) bond motifs is 1. The van der Waals surface area contributed by atoms with E-state index in [0.29, 0.717) is 46.6 Å². The van der Waals surface area contributed by atoms with Crippen molar-refractivity contribution < 1.29 is 24.5 Å². The zero-order valence-corrected chi connectivity index (χ0v) is 29.4. The summed E-state index contributed by atoms with van der Waals surface area (Å²) >= 11 is 4.64. The third-order valence-electron chi connectivity index (χ3n) is 7.22. The van der Waals surface area contributed by atoms with E-state index in [2.05, 4.69) is 25.4 Å². The van der Waals surface area contributed by atoms with Gasteiger partial charge in [-0.2, -0.15) is 0 Å². The van der Waals surface area contributed by atoms with Crippen LogP contribution >= 0.6 is 11.6 Å². The van der Waals surface area contributed by atoms with Crippen LogP contribution in [0.3, 0.4) is 0 Å². The van der Waals surface area contributed by atoms with E-state index in [0.717, 1.165) is 37.9 Å². The predicted molar refractivity (Wildman–Crippen MR) is 191 cm³/mol. The quantitative estimate of drug-likeness (QED) is 0.0979. The van der Waals surface area contributed by atoms with Crippen molar-refractivity contribution in [2.24, 2.45) is 0 Å². The Hall–Kier alpha value is -3.72. The number of Topliss-reactive ketones (excluding diaryl/α,β-unsaturated/α-hetero) is 1. The van der Waals surface area contributed by atoms with Crippen molar-refractivity contribution in [3.63, 3.8) is 0 Å². The third kappa shape index (κ3) is 12.4. The zero-order valence-electron chi connectivity index (χ0n) is 28.7. The molecule has 2 N–H and O–H groups in total.